The van der Waals surface area contributed by atoms with Gasteiger partial charge in [-0.2, -0.15) is 0 Å². The lowest BCUT2D eigenvalue weighted by molar-refractivity contribution is -0.153. The Bertz CT molecular complexity index is 443. The summed E-state index contributed by atoms with van der Waals surface area (Å²) >= 11 is 0. The molecule has 1 N–H and O–H groups in total. The zero-order chi connectivity index (χ0) is 14.1. The molecule has 19 heavy (non-hydrogen) atoms. The summed E-state index contributed by atoms with van der Waals surface area (Å²) in [7, 11) is 0. The van der Waals surface area contributed by atoms with Crippen molar-refractivity contribution in [1.29, 1.82) is 0 Å². The molecule has 2 nitrogen and oxygen atoms in total. The minimum absolute atomic E-state index is 0.00947. The van der Waals surface area contributed by atoms with E-state index in [9.17, 15) is 13.9 Å². The Morgan fingerprint density at radius 2 is 1.95 bits per heavy atom. The Morgan fingerprint density at radius 1 is 1.32 bits per heavy atom. The van der Waals surface area contributed by atoms with E-state index in [0.29, 0.717) is 19.4 Å². The topological polar surface area (TPSA) is 29.5 Å². The van der Waals surface area contributed by atoms with Gasteiger partial charge in [-0.25, -0.2) is 8.78 Å². The number of aliphatic hydroxyl groups is 1. The van der Waals surface area contributed by atoms with Crippen LogP contribution in [0, 0.1) is 11.6 Å². The van der Waals surface area contributed by atoms with Crippen molar-refractivity contribution in [3.63, 3.8) is 0 Å². The summed E-state index contributed by atoms with van der Waals surface area (Å²) in [6.45, 7) is 4.32. The van der Waals surface area contributed by atoms with Crippen molar-refractivity contribution < 1.29 is 18.6 Å². The fourth-order valence-electron chi connectivity index (χ4n) is 2.73. The van der Waals surface area contributed by atoms with Crippen molar-refractivity contribution in [2.24, 2.45) is 0 Å². The lowest BCUT2D eigenvalue weighted by Gasteiger charge is -2.43. The molecule has 0 amide bonds. The maximum Gasteiger partial charge on any atom is 0.129 e. The van der Waals surface area contributed by atoms with E-state index in [1.807, 2.05) is 13.8 Å². The van der Waals surface area contributed by atoms with Gasteiger partial charge in [0.15, 0.2) is 0 Å². The lowest BCUT2D eigenvalue weighted by Crippen LogP contribution is -2.48. The molecule has 0 bridgehead atoms. The van der Waals surface area contributed by atoms with Gasteiger partial charge in [-0.05, 0) is 31.9 Å². The van der Waals surface area contributed by atoms with Crippen molar-refractivity contribution in [2.45, 2.75) is 50.7 Å². The molecule has 1 saturated heterocycles. The summed E-state index contributed by atoms with van der Waals surface area (Å²) in [6, 6.07) is 3.78. The molecule has 1 aliphatic rings. The number of hydrogen-bond donors (Lipinski definition) is 1. The molecule has 2 rings (SSSR count). The quantitative estimate of drug-likeness (QED) is 0.913. The van der Waals surface area contributed by atoms with Gasteiger partial charge in [0.25, 0.3) is 0 Å². The Kier molecular flexibility index (Phi) is 3.92. The zero-order valence-corrected chi connectivity index (χ0v) is 11.4. The van der Waals surface area contributed by atoms with E-state index in [4.69, 9.17) is 4.74 Å². The summed E-state index contributed by atoms with van der Waals surface area (Å²) in [4.78, 5) is 0. The summed E-state index contributed by atoms with van der Waals surface area (Å²) in [6.07, 6.45) is 1.54. The van der Waals surface area contributed by atoms with Gasteiger partial charge >= 0.3 is 0 Å². The molecule has 106 valence electrons. The van der Waals surface area contributed by atoms with Crippen LogP contribution in [0.1, 0.15) is 38.7 Å². The molecule has 2 unspecified atom stereocenters. The van der Waals surface area contributed by atoms with E-state index in [1.54, 1.807) is 0 Å². The van der Waals surface area contributed by atoms with E-state index in [0.717, 1.165) is 6.42 Å². The fraction of sp³-hybridized carbons (Fsp3) is 0.600. The number of halogens is 2. The first-order valence-corrected chi connectivity index (χ1v) is 6.67. The van der Waals surface area contributed by atoms with Crippen LogP contribution in [0.15, 0.2) is 18.2 Å². The van der Waals surface area contributed by atoms with Gasteiger partial charge in [-0.1, -0.05) is 13.0 Å². The largest absolute Gasteiger partial charge is 0.389 e. The Labute approximate surface area is 112 Å². The van der Waals surface area contributed by atoms with Gasteiger partial charge in [0.1, 0.15) is 11.6 Å². The van der Waals surface area contributed by atoms with E-state index in [2.05, 4.69) is 0 Å². The van der Waals surface area contributed by atoms with Crippen LogP contribution in [0.25, 0.3) is 0 Å². The Hall–Kier alpha value is -1.00. The van der Waals surface area contributed by atoms with E-state index in [-0.39, 0.29) is 12.0 Å². The molecule has 0 spiro atoms. The third kappa shape index (κ3) is 3.12. The number of rotatable bonds is 3. The Balaban J connectivity index is 2.22. The predicted molar refractivity (Wildman–Crippen MR) is 68.9 cm³/mol. The minimum Gasteiger partial charge on any atom is -0.389 e. The average molecular weight is 270 g/mol. The molecule has 1 heterocycles. The Morgan fingerprint density at radius 3 is 2.53 bits per heavy atom. The highest BCUT2D eigenvalue weighted by Gasteiger charge is 2.41. The predicted octanol–water partition coefficient (Wildman–Crippen LogP) is 3.22. The minimum atomic E-state index is -1.11. The standard InChI is InChI=1S/C15H20F2O2/c1-3-14(2)10-15(18,7-8-19-14)9-11-12(16)5-4-6-13(11)17/h4-6,18H,3,7-10H2,1-2H3. The van der Waals surface area contributed by atoms with Crippen LogP contribution in [0.4, 0.5) is 8.78 Å². The monoisotopic (exact) mass is 270 g/mol. The molecular formula is C15H20F2O2. The summed E-state index contributed by atoms with van der Waals surface area (Å²) in [5, 5.41) is 10.6. The van der Waals surface area contributed by atoms with Gasteiger partial charge in [0, 0.05) is 18.4 Å². The van der Waals surface area contributed by atoms with Crippen molar-refractivity contribution in [3.05, 3.63) is 35.4 Å². The van der Waals surface area contributed by atoms with Crippen molar-refractivity contribution in [3.8, 4) is 0 Å². The molecule has 1 aromatic carbocycles. The molecule has 0 aromatic heterocycles. The second kappa shape index (κ2) is 5.17. The first-order chi connectivity index (χ1) is 8.87. The normalized spacial score (nSPS) is 31.4. The van der Waals surface area contributed by atoms with Crippen LogP contribution < -0.4 is 0 Å². The van der Waals surface area contributed by atoms with Crippen LogP contribution >= 0.6 is 0 Å². The van der Waals surface area contributed by atoms with Crippen molar-refractivity contribution in [1.82, 2.24) is 0 Å². The van der Waals surface area contributed by atoms with Gasteiger partial charge in [0.05, 0.1) is 17.8 Å². The van der Waals surface area contributed by atoms with Crippen LogP contribution in [0.3, 0.4) is 0 Å². The molecule has 0 saturated carbocycles. The highest BCUT2D eigenvalue weighted by Crippen LogP contribution is 2.37. The van der Waals surface area contributed by atoms with E-state index < -0.39 is 22.8 Å². The highest BCUT2D eigenvalue weighted by molar-refractivity contribution is 5.22. The van der Waals surface area contributed by atoms with Crippen LogP contribution in [0.2, 0.25) is 0 Å². The number of benzene rings is 1. The number of ether oxygens (including phenoxy) is 1. The maximum atomic E-state index is 13.7. The van der Waals surface area contributed by atoms with Crippen molar-refractivity contribution in [2.75, 3.05) is 6.61 Å². The summed E-state index contributed by atoms with van der Waals surface area (Å²) < 4.78 is 33.0. The molecule has 4 heteroatoms. The molecule has 0 aliphatic carbocycles. The van der Waals surface area contributed by atoms with Gasteiger partial charge in [0.2, 0.25) is 0 Å². The number of hydrogen-bond acceptors (Lipinski definition) is 2. The fourth-order valence-corrected chi connectivity index (χ4v) is 2.73. The van der Waals surface area contributed by atoms with Crippen LogP contribution in [0.5, 0.6) is 0 Å². The highest BCUT2D eigenvalue weighted by atomic mass is 19.1. The first-order valence-electron chi connectivity index (χ1n) is 6.67. The second-order valence-electron chi connectivity index (χ2n) is 5.68. The van der Waals surface area contributed by atoms with Gasteiger partial charge < -0.3 is 9.84 Å². The maximum absolute atomic E-state index is 13.7. The molecule has 1 aromatic rings. The van der Waals surface area contributed by atoms with Crippen LogP contribution in [-0.2, 0) is 11.2 Å². The van der Waals surface area contributed by atoms with E-state index in [1.165, 1.54) is 18.2 Å². The van der Waals surface area contributed by atoms with Crippen molar-refractivity contribution >= 4 is 0 Å². The molecule has 2 atom stereocenters. The smallest absolute Gasteiger partial charge is 0.129 e. The van der Waals surface area contributed by atoms with E-state index >= 15 is 0 Å². The molecular weight excluding hydrogens is 250 g/mol. The average Bonchev–Trinajstić information content (AvgIpc) is 2.34. The van der Waals surface area contributed by atoms with Gasteiger partial charge in [-0.3, -0.25) is 0 Å². The first kappa shape index (κ1) is 14.4. The van der Waals surface area contributed by atoms with Crippen LogP contribution in [-0.4, -0.2) is 22.9 Å². The third-order valence-electron chi connectivity index (χ3n) is 4.04. The molecule has 0 radical (unpaired) electrons. The molecule has 1 fully saturated rings. The second-order valence-corrected chi connectivity index (χ2v) is 5.68. The third-order valence-corrected chi connectivity index (χ3v) is 4.04. The van der Waals surface area contributed by atoms with Gasteiger partial charge in [-0.15, -0.1) is 0 Å². The summed E-state index contributed by atoms with van der Waals surface area (Å²) in [5.41, 5.74) is -1.56. The SMILES string of the molecule is CCC1(C)CC(O)(Cc2c(F)cccc2F)CCO1. The summed E-state index contributed by atoms with van der Waals surface area (Å²) in [5.74, 6) is -1.20. The molecule has 1 aliphatic heterocycles. The zero-order valence-electron chi connectivity index (χ0n) is 11.4. The lowest BCUT2D eigenvalue weighted by atomic mass is 9.78.